The van der Waals surface area contributed by atoms with E-state index >= 15 is 0 Å². The molecule has 0 spiro atoms. The van der Waals surface area contributed by atoms with Gasteiger partial charge in [-0.25, -0.2) is 0 Å². The Bertz CT molecular complexity index is 492. The number of hydrogen-bond acceptors (Lipinski definition) is 1. The molecule has 1 amide bonds. The van der Waals surface area contributed by atoms with Gasteiger partial charge in [-0.2, -0.15) is 0 Å². The van der Waals surface area contributed by atoms with E-state index in [1.165, 1.54) is 12.8 Å². The molecule has 1 aliphatic heterocycles. The SMILES string of the molecule is CCC1CCCCN1C(=O)C1(c2ccc(Cl)cc2)CC1. The van der Waals surface area contributed by atoms with Crippen molar-refractivity contribution in [3.63, 3.8) is 0 Å². The predicted molar refractivity (Wildman–Crippen MR) is 82.0 cm³/mol. The molecule has 20 heavy (non-hydrogen) atoms. The Morgan fingerprint density at radius 2 is 2.00 bits per heavy atom. The molecule has 0 N–H and O–H groups in total. The normalized spacial score (nSPS) is 24.5. The van der Waals surface area contributed by atoms with E-state index in [-0.39, 0.29) is 5.41 Å². The first-order valence-electron chi connectivity index (χ1n) is 7.74. The van der Waals surface area contributed by atoms with E-state index in [1.54, 1.807) is 0 Å². The van der Waals surface area contributed by atoms with Crippen molar-refractivity contribution in [3.8, 4) is 0 Å². The first kappa shape index (κ1) is 13.9. The second-order valence-electron chi connectivity index (χ2n) is 6.15. The van der Waals surface area contributed by atoms with E-state index in [0.717, 1.165) is 42.8 Å². The lowest BCUT2D eigenvalue weighted by molar-refractivity contribution is -0.137. The van der Waals surface area contributed by atoms with Gasteiger partial charge in [-0.05, 0) is 56.2 Å². The van der Waals surface area contributed by atoms with Crippen molar-refractivity contribution in [1.82, 2.24) is 4.90 Å². The van der Waals surface area contributed by atoms with Crippen LogP contribution in [-0.2, 0) is 10.2 Å². The summed E-state index contributed by atoms with van der Waals surface area (Å²) in [6.07, 6.45) is 6.62. The molecular weight excluding hydrogens is 270 g/mol. The molecule has 108 valence electrons. The molecule has 2 fully saturated rings. The molecule has 3 rings (SSSR count). The largest absolute Gasteiger partial charge is 0.339 e. The van der Waals surface area contributed by atoms with Crippen LogP contribution in [0, 0.1) is 0 Å². The monoisotopic (exact) mass is 291 g/mol. The van der Waals surface area contributed by atoms with Crippen LogP contribution in [0.2, 0.25) is 5.02 Å². The lowest BCUT2D eigenvalue weighted by atomic mass is 9.91. The number of likely N-dealkylation sites (tertiary alicyclic amines) is 1. The third kappa shape index (κ3) is 2.35. The Morgan fingerprint density at radius 3 is 2.60 bits per heavy atom. The van der Waals surface area contributed by atoms with E-state index in [2.05, 4.69) is 11.8 Å². The van der Waals surface area contributed by atoms with E-state index in [0.29, 0.717) is 11.9 Å². The molecule has 1 saturated heterocycles. The fourth-order valence-corrected chi connectivity index (χ4v) is 3.61. The molecule has 2 nitrogen and oxygen atoms in total. The molecule has 0 aromatic heterocycles. The summed E-state index contributed by atoms with van der Waals surface area (Å²) in [6, 6.07) is 8.30. The van der Waals surface area contributed by atoms with Crippen LogP contribution >= 0.6 is 11.6 Å². The van der Waals surface area contributed by atoms with Gasteiger partial charge in [0.1, 0.15) is 0 Å². The smallest absolute Gasteiger partial charge is 0.233 e. The van der Waals surface area contributed by atoms with Gasteiger partial charge in [0.05, 0.1) is 5.41 Å². The highest BCUT2D eigenvalue weighted by Gasteiger charge is 2.53. The van der Waals surface area contributed by atoms with Crippen LogP contribution in [0.3, 0.4) is 0 Å². The summed E-state index contributed by atoms with van der Waals surface area (Å²) < 4.78 is 0. The lowest BCUT2D eigenvalue weighted by Gasteiger charge is -2.38. The fraction of sp³-hybridized carbons (Fsp3) is 0.588. The molecule has 1 aliphatic carbocycles. The molecule has 0 radical (unpaired) electrons. The highest BCUT2D eigenvalue weighted by atomic mass is 35.5. The van der Waals surface area contributed by atoms with Crippen LogP contribution in [0.5, 0.6) is 0 Å². The van der Waals surface area contributed by atoms with Crippen molar-refractivity contribution >= 4 is 17.5 Å². The number of halogens is 1. The van der Waals surface area contributed by atoms with Crippen LogP contribution in [0.25, 0.3) is 0 Å². The van der Waals surface area contributed by atoms with E-state index < -0.39 is 0 Å². The summed E-state index contributed by atoms with van der Waals surface area (Å²) in [6.45, 7) is 3.13. The average Bonchev–Trinajstić information content (AvgIpc) is 3.29. The Morgan fingerprint density at radius 1 is 1.30 bits per heavy atom. The first-order valence-corrected chi connectivity index (χ1v) is 8.12. The van der Waals surface area contributed by atoms with Crippen LogP contribution in [-0.4, -0.2) is 23.4 Å². The third-order valence-electron chi connectivity index (χ3n) is 4.92. The van der Waals surface area contributed by atoms with Gasteiger partial charge in [-0.3, -0.25) is 4.79 Å². The van der Waals surface area contributed by atoms with Crippen molar-refractivity contribution in [2.24, 2.45) is 0 Å². The first-order chi connectivity index (χ1) is 9.67. The van der Waals surface area contributed by atoms with Gasteiger partial charge in [0, 0.05) is 17.6 Å². The highest BCUT2D eigenvalue weighted by Crippen LogP contribution is 2.50. The maximum absolute atomic E-state index is 13.0. The van der Waals surface area contributed by atoms with E-state index in [4.69, 9.17) is 11.6 Å². The summed E-state index contributed by atoms with van der Waals surface area (Å²) in [4.78, 5) is 15.2. The number of carbonyl (C=O) groups is 1. The predicted octanol–water partition coefficient (Wildman–Crippen LogP) is 4.16. The Labute approximate surface area is 126 Å². The Balaban J connectivity index is 1.83. The number of hydrogen-bond donors (Lipinski definition) is 0. The molecule has 1 saturated carbocycles. The fourth-order valence-electron chi connectivity index (χ4n) is 3.49. The third-order valence-corrected chi connectivity index (χ3v) is 5.17. The summed E-state index contributed by atoms with van der Waals surface area (Å²) >= 11 is 5.96. The van der Waals surface area contributed by atoms with Crippen LogP contribution in [0.1, 0.15) is 51.0 Å². The van der Waals surface area contributed by atoms with Crippen molar-refractivity contribution in [3.05, 3.63) is 34.9 Å². The molecule has 1 heterocycles. The zero-order valence-corrected chi connectivity index (χ0v) is 12.8. The molecule has 1 unspecified atom stereocenters. The maximum atomic E-state index is 13.0. The summed E-state index contributed by atoms with van der Waals surface area (Å²) in [7, 11) is 0. The minimum atomic E-state index is -0.241. The zero-order chi connectivity index (χ0) is 14.2. The number of nitrogens with zero attached hydrogens (tertiary/aromatic N) is 1. The molecule has 2 aliphatic rings. The Kier molecular flexibility index (Phi) is 3.76. The van der Waals surface area contributed by atoms with Gasteiger partial charge in [0.15, 0.2) is 0 Å². The topological polar surface area (TPSA) is 20.3 Å². The minimum absolute atomic E-state index is 0.241. The molecular formula is C17H22ClNO. The van der Waals surface area contributed by atoms with Crippen LogP contribution in [0.15, 0.2) is 24.3 Å². The van der Waals surface area contributed by atoms with Gasteiger partial charge in [-0.15, -0.1) is 0 Å². The molecule has 1 aromatic carbocycles. The van der Waals surface area contributed by atoms with Gasteiger partial charge >= 0.3 is 0 Å². The number of benzene rings is 1. The summed E-state index contributed by atoms with van der Waals surface area (Å²) in [5.74, 6) is 0.353. The summed E-state index contributed by atoms with van der Waals surface area (Å²) in [5.41, 5.74) is 0.905. The number of amides is 1. The van der Waals surface area contributed by atoms with Gasteiger partial charge in [0.2, 0.25) is 5.91 Å². The van der Waals surface area contributed by atoms with Gasteiger partial charge < -0.3 is 4.90 Å². The van der Waals surface area contributed by atoms with E-state index in [1.807, 2.05) is 24.3 Å². The standard InChI is InChI=1S/C17H22ClNO/c1-2-15-5-3-4-12-19(15)16(20)17(10-11-17)13-6-8-14(18)9-7-13/h6-9,15H,2-5,10-12H2,1H3. The van der Waals surface area contributed by atoms with Gasteiger partial charge in [0.25, 0.3) is 0 Å². The molecule has 1 atom stereocenters. The van der Waals surface area contributed by atoms with Gasteiger partial charge in [-0.1, -0.05) is 30.7 Å². The van der Waals surface area contributed by atoms with Crippen LogP contribution < -0.4 is 0 Å². The molecule has 3 heteroatoms. The highest BCUT2D eigenvalue weighted by molar-refractivity contribution is 6.30. The minimum Gasteiger partial charge on any atom is -0.339 e. The average molecular weight is 292 g/mol. The number of carbonyl (C=O) groups excluding carboxylic acids is 1. The molecule has 1 aromatic rings. The van der Waals surface area contributed by atoms with Crippen molar-refractivity contribution in [2.75, 3.05) is 6.54 Å². The van der Waals surface area contributed by atoms with E-state index in [9.17, 15) is 4.79 Å². The second kappa shape index (κ2) is 5.40. The lowest BCUT2D eigenvalue weighted by Crippen LogP contribution is -2.48. The quantitative estimate of drug-likeness (QED) is 0.819. The maximum Gasteiger partial charge on any atom is 0.233 e. The van der Waals surface area contributed by atoms with Crippen molar-refractivity contribution in [1.29, 1.82) is 0 Å². The zero-order valence-electron chi connectivity index (χ0n) is 12.1. The van der Waals surface area contributed by atoms with Crippen molar-refractivity contribution < 1.29 is 4.79 Å². The second-order valence-corrected chi connectivity index (χ2v) is 6.58. The van der Waals surface area contributed by atoms with Crippen molar-refractivity contribution in [2.45, 2.75) is 56.9 Å². The molecule has 0 bridgehead atoms. The summed E-state index contributed by atoms with van der Waals surface area (Å²) in [5, 5.41) is 0.737. The number of rotatable bonds is 3. The van der Waals surface area contributed by atoms with Crippen LogP contribution in [0.4, 0.5) is 0 Å². The Hall–Kier alpha value is -1.02. The number of piperidine rings is 1.